The predicted molar refractivity (Wildman–Crippen MR) is 154 cm³/mol. The molecule has 4 fully saturated rings. The molecule has 2 heteroatoms. The van der Waals surface area contributed by atoms with Crippen LogP contribution < -0.4 is 0 Å². The van der Waals surface area contributed by atoms with Crippen LogP contribution in [0, 0.1) is 62.6 Å². The highest BCUT2D eigenvalue weighted by atomic mass is 16.5. The SMILES string of the molecule is CC(C)CC(=O)OC1CCC2(C)C(CCC3(C)C2CC=C2C4C(C)C(C)CCC4(C)CCC23C)C1(C)C. The van der Waals surface area contributed by atoms with Gasteiger partial charge in [0.1, 0.15) is 6.10 Å². The number of allylic oxidation sites excluding steroid dienone is 2. The van der Waals surface area contributed by atoms with E-state index in [4.69, 9.17) is 4.74 Å². The Morgan fingerprint density at radius 3 is 2.30 bits per heavy atom. The third-order valence-corrected chi connectivity index (χ3v) is 14.2. The first-order valence-electron chi connectivity index (χ1n) is 16.0. The molecular weight excluding hydrogens is 452 g/mol. The van der Waals surface area contributed by atoms with Gasteiger partial charge in [0.15, 0.2) is 0 Å². The fourth-order valence-corrected chi connectivity index (χ4v) is 11.6. The standard InChI is InChI=1S/C35H58O2/c1-22(2)21-29(36)37-28-15-17-33(8)26(31(28,5)6)14-18-35(10)27(33)12-11-25-30-24(4)23(3)13-16-32(30,7)19-20-34(25,35)9/h11,22-24,26-28,30H,12-21H2,1-10H3. The molecule has 0 aromatic heterocycles. The maximum absolute atomic E-state index is 12.7. The van der Waals surface area contributed by atoms with Crippen molar-refractivity contribution in [3.05, 3.63) is 11.6 Å². The van der Waals surface area contributed by atoms with Crippen molar-refractivity contribution in [3.8, 4) is 0 Å². The van der Waals surface area contributed by atoms with E-state index in [-0.39, 0.29) is 17.5 Å². The van der Waals surface area contributed by atoms with Crippen LogP contribution >= 0.6 is 0 Å². The average molecular weight is 511 g/mol. The molecule has 0 aliphatic heterocycles. The van der Waals surface area contributed by atoms with E-state index >= 15 is 0 Å². The van der Waals surface area contributed by atoms with Crippen LogP contribution in [0.3, 0.4) is 0 Å². The lowest BCUT2D eigenvalue weighted by Crippen LogP contribution is -2.65. The summed E-state index contributed by atoms with van der Waals surface area (Å²) < 4.78 is 6.22. The molecule has 2 nitrogen and oxygen atoms in total. The van der Waals surface area contributed by atoms with E-state index in [0.29, 0.717) is 39.9 Å². The van der Waals surface area contributed by atoms with Crippen molar-refractivity contribution in [1.29, 1.82) is 0 Å². The van der Waals surface area contributed by atoms with Crippen LogP contribution in [0.15, 0.2) is 11.6 Å². The maximum atomic E-state index is 12.7. The summed E-state index contributed by atoms with van der Waals surface area (Å²) in [6.45, 7) is 24.9. The van der Waals surface area contributed by atoms with Gasteiger partial charge in [0.05, 0.1) is 0 Å². The highest BCUT2D eigenvalue weighted by Crippen LogP contribution is 2.75. The van der Waals surface area contributed by atoms with E-state index in [9.17, 15) is 4.79 Å². The van der Waals surface area contributed by atoms with E-state index in [1.807, 2.05) is 5.57 Å². The van der Waals surface area contributed by atoms with Crippen molar-refractivity contribution in [2.75, 3.05) is 0 Å². The lowest BCUT2D eigenvalue weighted by Gasteiger charge is -2.71. The first-order chi connectivity index (χ1) is 17.1. The van der Waals surface area contributed by atoms with Crippen molar-refractivity contribution >= 4 is 5.97 Å². The van der Waals surface area contributed by atoms with E-state index in [2.05, 4.69) is 75.3 Å². The molecule has 210 valence electrons. The zero-order chi connectivity index (χ0) is 27.2. The Morgan fingerprint density at radius 1 is 0.919 bits per heavy atom. The molecule has 4 saturated carbocycles. The highest BCUT2D eigenvalue weighted by molar-refractivity contribution is 5.69. The maximum Gasteiger partial charge on any atom is 0.306 e. The number of fused-ring (bicyclic) bond motifs is 7. The van der Waals surface area contributed by atoms with Crippen molar-refractivity contribution in [2.24, 2.45) is 62.6 Å². The summed E-state index contributed by atoms with van der Waals surface area (Å²) in [5, 5.41) is 0. The number of carbonyl (C=O) groups excluding carboxylic acids is 1. The zero-order valence-corrected chi connectivity index (χ0v) is 26.0. The number of ether oxygens (including phenoxy) is 1. The largest absolute Gasteiger partial charge is 0.462 e. The highest BCUT2D eigenvalue weighted by Gasteiger charge is 2.68. The fourth-order valence-electron chi connectivity index (χ4n) is 11.6. The van der Waals surface area contributed by atoms with Gasteiger partial charge in [-0.1, -0.05) is 80.9 Å². The van der Waals surface area contributed by atoms with Crippen molar-refractivity contribution in [2.45, 2.75) is 140 Å². The summed E-state index contributed by atoms with van der Waals surface area (Å²) in [4.78, 5) is 12.7. The number of hydrogen-bond acceptors (Lipinski definition) is 2. The minimum absolute atomic E-state index is 0.0103. The second-order valence-corrected chi connectivity index (χ2v) is 16.7. The number of rotatable bonds is 3. The second-order valence-electron chi connectivity index (χ2n) is 16.7. The summed E-state index contributed by atoms with van der Waals surface area (Å²) in [6, 6.07) is 0. The van der Waals surface area contributed by atoms with Gasteiger partial charge in [0.25, 0.3) is 0 Å². The van der Waals surface area contributed by atoms with Crippen LogP contribution in [0.1, 0.15) is 133 Å². The monoisotopic (exact) mass is 510 g/mol. The van der Waals surface area contributed by atoms with Crippen molar-refractivity contribution < 1.29 is 9.53 Å². The molecule has 0 aromatic carbocycles. The summed E-state index contributed by atoms with van der Waals surface area (Å²) in [7, 11) is 0. The Labute approximate surface area is 229 Å². The van der Waals surface area contributed by atoms with E-state index in [0.717, 1.165) is 30.1 Å². The number of hydrogen-bond donors (Lipinski definition) is 0. The lowest BCUT2D eigenvalue weighted by molar-refractivity contribution is -0.213. The van der Waals surface area contributed by atoms with Crippen molar-refractivity contribution in [1.82, 2.24) is 0 Å². The van der Waals surface area contributed by atoms with Crippen LogP contribution in [-0.4, -0.2) is 12.1 Å². The Morgan fingerprint density at radius 2 is 1.62 bits per heavy atom. The van der Waals surface area contributed by atoms with E-state index in [1.54, 1.807) is 0 Å². The van der Waals surface area contributed by atoms with Gasteiger partial charge < -0.3 is 4.74 Å². The Bertz CT molecular complexity index is 945. The van der Waals surface area contributed by atoms with Gasteiger partial charge >= 0.3 is 5.97 Å². The van der Waals surface area contributed by atoms with Gasteiger partial charge in [0, 0.05) is 11.8 Å². The van der Waals surface area contributed by atoms with Gasteiger partial charge in [-0.25, -0.2) is 0 Å². The molecule has 0 spiro atoms. The van der Waals surface area contributed by atoms with Crippen LogP contribution in [-0.2, 0) is 9.53 Å². The Balaban J connectivity index is 1.47. The first-order valence-corrected chi connectivity index (χ1v) is 16.0. The Kier molecular flexibility index (Phi) is 6.65. The van der Waals surface area contributed by atoms with Gasteiger partial charge in [-0.2, -0.15) is 0 Å². The molecule has 5 rings (SSSR count). The van der Waals surface area contributed by atoms with Gasteiger partial charge in [-0.05, 0) is 115 Å². The molecule has 10 unspecified atom stereocenters. The minimum Gasteiger partial charge on any atom is -0.462 e. The molecule has 5 aliphatic carbocycles. The summed E-state index contributed by atoms with van der Waals surface area (Å²) in [5.74, 6) is 4.11. The molecule has 0 saturated heterocycles. The molecule has 37 heavy (non-hydrogen) atoms. The summed E-state index contributed by atoms with van der Waals surface area (Å²) in [5.41, 5.74) is 3.41. The molecule has 0 N–H and O–H groups in total. The quantitative estimate of drug-likeness (QED) is 0.279. The molecule has 5 aliphatic rings. The van der Waals surface area contributed by atoms with Crippen molar-refractivity contribution in [3.63, 3.8) is 0 Å². The van der Waals surface area contributed by atoms with Crippen LogP contribution in [0.4, 0.5) is 0 Å². The number of carbonyl (C=O) groups is 1. The topological polar surface area (TPSA) is 26.3 Å². The van der Waals surface area contributed by atoms with Gasteiger partial charge in [0.2, 0.25) is 0 Å². The molecule has 0 amide bonds. The zero-order valence-electron chi connectivity index (χ0n) is 26.0. The van der Waals surface area contributed by atoms with E-state index < -0.39 is 0 Å². The molecular formula is C35H58O2. The molecule has 0 heterocycles. The second kappa shape index (κ2) is 8.86. The van der Waals surface area contributed by atoms with Crippen LogP contribution in [0.25, 0.3) is 0 Å². The Hall–Kier alpha value is -0.790. The fraction of sp³-hybridized carbons (Fsp3) is 0.914. The summed E-state index contributed by atoms with van der Waals surface area (Å²) >= 11 is 0. The predicted octanol–water partition coefficient (Wildman–Crippen LogP) is 9.62. The van der Waals surface area contributed by atoms with E-state index in [1.165, 1.54) is 51.4 Å². The third kappa shape index (κ3) is 3.87. The number of esters is 1. The normalized spacial score (nSPS) is 50.7. The smallest absolute Gasteiger partial charge is 0.306 e. The molecule has 0 bridgehead atoms. The minimum atomic E-state index is 0.0103. The third-order valence-electron chi connectivity index (χ3n) is 14.2. The molecule has 0 radical (unpaired) electrons. The average Bonchev–Trinajstić information content (AvgIpc) is 2.79. The molecule has 0 aromatic rings. The first kappa shape index (κ1) is 27.8. The van der Waals surface area contributed by atoms with Gasteiger partial charge in [-0.3, -0.25) is 4.79 Å². The summed E-state index contributed by atoms with van der Waals surface area (Å²) in [6.07, 6.45) is 15.1. The van der Waals surface area contributed by atoms with Crippen LogP contribution in [0.2, 0.25) is 0 Å². The van der Waals surface area contributed by atoms with Gasteiger partial charge in [-0.15, -0.1) is 0 Å². The molecule has 10 atom stereocenters. The van der Waals surface area contributed by atoms with Crippen LogP contribution in [0.5, 0.6) is 0 Å². The lowest BCUT2D eigenvalue weighted by atomic mass is 9.33.